The van der Waals surface area contributed by atoms with Crippen LogP contribution in [0, 0.1) is 10.1 Å². The van der Waals surface area contributed by atoms with Gasteiger partial charge in [0.1, 0.15) is 11.4 Å². The summed E-state index contributed by atoms with van der Waals surface area (Å²) in [7, 11) is 1.42. The van der Waals surface area contributed by atoms with Gasteiger partial charge in [0.2, 0.25) is 0 Å². The molecule has 0 aliphatic rings. The maximum Gasteiger partial charge on any atom is 0.296 e. The van der Waals surface area contributed by atoms with Crippen molar-refractivity contribution in [3.63, 3.8) is 0 Å². The first-order valence-electron chi connectivity index (χ1n) is 5.90. The number of methoxy groups -OCH3 is 1. The number of benzene rings is 2. The fourth-order valence-electron chi connectivity index (χ4n) is 1.69. The lowest BCUT2D eigenvalue weighted by Crippen LogP contribution is -2.13. The largest absolute Gasteiger partial charge is 0.496 e. The van der Waals surface area contributed by atoms with E-state index >= 15 is 0 Å². The number of hydrogen-bond acceptors (Lipinski definition) is 4. The average molecular weight is 351 g/mol. The van der Waals surface area contributed by atoms with Gasteiger partial charge in [-0.15, -0.1) is 0 Å². The number of nitro groups is 1. The summed E-state index contributed by atoms with van der Waals surface area (Å²) in [6.45, 7) is 0. The number of ether oxygens (including phenoxy) is 1. The molecule has 0 bridgehead atoms. The van der Waals surface area contributed by atoms with Crippen LogP contribution in [0.25, 0.3) is 0 Å². The van der Waals surface area contributed by atoms with Gasteiger partial charge in [-0.05, 0) is 36.4 Å². The summed E-state index contributed by atoms with van der Waals surface area (Å²) in [5.74, 6) is -0.0703. The Morgan fingerprint density at radius 2 is 1.90 bits per heavy atom. The van der Waals surface area contributed by atoms with E-state index in [0.29, 0.717) is 11.3 Å². The van der Waals surface area contributed by atoms with Gasteiger partial charge in [0.15, 0.2) is 0 Å². The molecule has 0 spiro atoms. The summed E-state index contributed by atoms with van der Waals surface area (Å²) in [5.41, 5.74) is 0.303. The van der Waals surface area contributed by atoms with Crippen molar-refractivity contribution < 1.29 is 14.5 Å². The third-order valence-corrected chi connectivity index (χ3v) is 3.28. The number of amides is 1. The molecule has 0 aliphatic heterocycles. The standard InChI is InChI=1S/C14H11BrN2O4/c1-21-11-6-7-12(13(8-11)17(19)20)16-14(18)9-2-4-10(15)5-3-9/h2-8H,1H3,(H,16,18). The van der Waals surface area contributed by atoms with E-state index in [-0.39, 0.29) is 11.4 Å². The van der Waals surface area contributed by atoms with Crippen LogP contribution in [-0.2, 0) is 0 Å². The smallest absolute Gasteiger partial charge is 0.296 e. The van der Waals surface area contributed by atoms with Crippen molar-refractivity contribution in [1.29, 1.82) is 0 Å². The van der Waals surface area contributed by atoms with Crippen LogP contribution in [-0.4, -0.2) is 17.9 Å². The Kier molecular flexibility index (Phi) is 4.54. The Balaban J connectivity index is 2.28. The quantitative estimate of drug-likeness (QED) is 0.674. The number of anilines is 1. The van der Waals surface area contributed by atoms with Crippen molar-refractivity contribution in [3.8, 4) is 5.75 Å². The number of hydrogen-bond donors (Lipinski definition) is 1. The maximum atomic E-state index is 12.1. The summed E-state index contributed by atoms with van der Waals surface area (Å²) in [4.78, 5) is 22.5. The molecule has 0 unspecified atom stereocenters. The molecule has 21 heavy (non-hydrogen) atoms. The number of carbonyl (C=O) groups excluding carboxylic acids is 1. The van der Waals surface area contributed by atoms with Crippen molar-refractivity contribution in [1.82, 2.24) is 0 Å². The second kappa shape index (κ2) is 6.36. The second-order valence-electron chi connectivity index (χ2n) is 4.10. The first kappa shape index (κ1) is 15.0. The lowest BCUT2D eigenvalue weighted by atomic mass is 10.2. The van der Waals surface area contributed by atoms with Gasteiger partial charge in [-0.1, -0.05) is 15.9 Å². The van der Waals surface area contributed by atoms with Crippen LogP contribution < -0.4 is 10.1 Å². The minimum absolute atomic E-state index is 0.119. The molecule has 2 aromatic rings. The third-order valence-electron chi connectivity index (χ3n) is 2.76. The lowest BCUT2D eigenvalue weighted by Gasteiger charge is -2.07. The van der Waals surface area contributed by atoms with E-state index in [1.165, 1.54) is 19.2 Å². The second-order valence-corrected chi connectivity index (χ2v) is 5.02. The summed E-state index contributed by atoms with van der Waals surface area (Å²) in [6.07, 6.45) is 0. The minimum Gasteiger partial charge on any atom is -0.496 e. The zero-order chi connectivity index (χ0) is 15.4. The molecule has 2 rings (SSSR count). The molecule has 2 aromatic carbocycles. The van der Waals surface area contributed by atoms with E-state index in [4.69, 9.17) is 4.74 Å². The van der Waals surface area contributed by atoms with Crippen molar-refractivity contribution >= 4 is 33.2 Å². The van der Waals surface area contributed by atoms with Crippen LogP contribution in [0.4, 0.5) is 11.4 Å². The first-order valence-corrected chi connectivity index (χ1v) is 6.70. The van der Waals surface area contributed by atoms with Gasteiger partial charge in [0.05, 0.1) is 18.1 Å². The molecule has 0 atom stereocenters. The number of nitrogens with one attached hydrogen (secondary N) is 1. The van der Waals surface area contributed by atoms with Gasteiger partial charge in [0.25, 0.3) is 11.6 Å². The summed E-state index contributed by atoms with van der Waals surface area (Å²) in [5, 5.41) is 13.6. The lowest BCUT2D eigenvalue weighted by molar-refractivity contribution is -0.384. The molecule has 108 valence electrons. The molecule has 0 aliphatic carbocycles. The summed E-state index contributed by atoms with van der Waals surface area (Å²) >= 11 is 3.27. The van der Waals surface area contributed by atoms with Crippen LogP contribution in [0.2, 0.25) is 0 Å². The molecule has 0 saturated heterocycles. The van der Waals surface area contributed by atoms with Crippen LogP contribution in [0.15, 0.2) is 46.9 Å². The van der Waals surface area contributed by atoms with E-state index in [2.05, 4.69) is 21.2 Å². The van der Waals surface area contributed by atoms with E-state index < -0.39 is 10.8 Å². The number of rotatable bonds is 4. The van der Waals surface area contributed by atoms with Gasteiger partial charge in [-0.2, -0.15) is 0 Å². The van der Waals surface area contributed by atoms with Crippen LogP contribution in [0.1, 0.15) is 10.4 Å². The predicted molar refractivity (Wildman–Crippen MR) is 81.7 cm³/mol. The van der Waals surface area contributed by atoms with Crippen molar-refractivity contribution in [2.75, 3.05) is 12.4 Å². The summed E-state index contributed by atoms with van der Waals surface area (Å²) < 4.78 is 5.78. The van der Waals surface area contributed by atoms with Gasteiger partial charge in [-0.25, -0.2) is 0 Å². The van der Waals surface area contributed by atoms with E-state index in [1.807, 2.05) is 0 Å². The number of halogens is 1. The van der Waals surface area contributed by atoms with Crippen molar-refractivity contribution in [2.24, 2.45) is 0 Å². The molecule has 0 heterocycles. The third kappa shape index (κ3) is 3.57. The fourth-order valence-corrected chi connectivity index (χ4v) is 1.96. The van der Waals surface area contributed by atoms with E-state index in [0.717, 1.165) is 4.47 Å². The monoisotopic (exact) mass is 350 g/mol. The molecule has 0 saturated carbocycles. The van der Waals surface area contributed by atoms with Crippen molar-refractivity contribution in [2.45, 2.75) is 0 Å². The highest BCUT2D eigenvalue weighted by atomic mass is 79.9. The Hall–Kier alpha value is -2.41. The molecule has 1 N–H and O–H groups in total. The molecule has 0 aromatic heterocycles. The minimum atomic E-state index is -0.570. The Labute approximate surface area is 129 Å². The number of carbonyl (C=O) groups is 1. The molecule has 7 heteroatoms. The molecule has 1 amide bonds. The van der Waals surface area contributed by atoms with E-state index in [9.17, 15) is 14.9 Å². The Morgan fingerprint density at radius 3 is 2.48 bits per heavy atom. The maximum absolute atomic E-state index is 12.1. The normalized spacial score (nSPS) is 10.0. The average Bonchev–Trinajstić information content (AvgIpc) is 2.48. The van der Waals surface area contributed by atoms with Crippen LogP contribution in [0.3, 0.4) is 0 Å². The van der Waals surface area contributed by atoms with Crippen molar-refractivity contribution in [3.05, 3.63) is 62.6 Å². The van der Waals surface area contributed by atoms with Crippen LogP contribution >= 0.6 is 15.9 Å². The molecule has 0 radical (unpaired) electrons. The highest BCUT2D eigenvalue weighted by Gasteiger charge is 2.17. The van der Waals surface area contributed by atoms with Crippen LogP contribution in [0.5, 0.6) is 5.75 Å². The van der Waals surface area contributed by atoms with Gasteiger partial charge >= 0.3 is 0 Å². The molecular weight excluding hydrogens is 340 g/mol. The van der Waals surface area contributed by atoms with Gasteiger partial charge in [0, 0.05) is 10.0 Å². The first-order chi connectivity index (χ1) is 10.0. The zero-order valence-electron chi connectivity index (χ0n) is 11.0. The zero-order valence-corrected chi connectivity index (χ0v) is 12.6. The summed E-state index contributed by atoms with van der Waals surface area (Å²) in [6, 6.07) is 10.9. The topological polar surface area (TPSA) is 81.5 Å². The molecule has 0 fully saturated rings. The molecule has 6 nitrogen and oxygen atoms in total. The predicted octanol–water partition coefficient (Wildman–Crippen LogP) is 3.62. The van der Waals surface area contributed by atoms with Gasteiger partial charge < -0.3 is 10.1 Å². The molecular formula is C14H11BrN2O4. The highest BCUT2D eigenvalue weighted by Crippen LogP contribution is 2.29. The fraction of sp³-hybridized carbons (Fsp3) is 0.0714. The van der Waals surface area contributed by atoms with Gasteiger partial charge in [-0.3, -0.25) is 14.9 Å². The highest BCUT2D eigenvalue weighted by molar-refractivity contribution is 9.10. The SMILES string of the molecule is COc1ccc(NC(=O)c2ccc(Br)cc2)c([N+](=O)[O-])c1. The number of nitro benzene ring substituents is 1. The Bertz CT molecular complexity index is 686. The number of nitrogens with zero attached hydrogens (tertiary/aromatic N) is 1. The Morgan fingerprint density at radius 1 is 1.24 bits per heavy atom. The van der Waals surface area contributed by atoms with E-state index in [1.54, 1.807) is 30.3 Å².